The lowest BCUT2D eigenvalue weighted by Gasteiger charge is -2.39. The number of carbonyl (C=O) groups excluding carboxylic acids is 2. The summed E-state index contributed by atoms with van der Waals surface area (Å²) in [6.45, 7) is -0.520. The normalized spacial score (nSPS) is 16.3. The zero-order valence-corrected chi connectivity index (χ0v) is 16.1. The van der Waals surface area contributed by atoms with E-state index in [1.165, 1.54) is 11.9 Å². The van der Waals surface area contributed by atoms with Crippen LogP contribution in [0, 0.1) is 17.5 Å². The summed E-state index contributed by atoms with van der Waals surface area (Å²) in [5.74, 6) is -7.95. The molecule has 1 saturated heterocycles. The maximum absolute atomic E-state index is 14.5. The van der Waals surface area contributed by atoms with Crippen LogP contribution in [0.25, 0.3) is 0 Å². The van der Waals surface area contributed by atoms with E-state index in [-0.39, 0.29) is 19.0 Å². The van der Waals surface area contributed by atoms with Crippen LogP contribution in [0.5, 0.6) is 0 Å². The molecule has 1 unspecified atom stereocenters. The molecule has 1 aliphatic heterocycles. The Hall–Kier alpha value is -2.70. The third-order valence-electron chi connectivity index (χ3n) is 4.25. The predicted molar refractivity (Wildman–Crippen MR) is 96.7 cm³/mol. The molecule has 1 atom stereocenters. The molecule has 0 aromatic heterocycles. The summed E-state index contributed by atoms with van der Waals surface area (Å²) in [6, 6.07) is 4.23. The Labute approximate surface area is 170 Å². The van der Waals surface area contributed by atoms with Crippen molar-refractivity contribution in [3.63, 3.8) is 0 Å². The zero-order valence-electron chi connectivity index (χ0n) is 15.3. The summed E-state index contributed by atoms with van der Waals surface area (Å²) in [5.41, 5.74) is -1.32. The molecular weight excluding hydrogens is 433 g/mol. The SMILES string of the molecule is CN1CN(C(=O)c2c(F)cccc2F)C(=O)N(c2ccc([S+]([O-])C(F)F)cc2F)C1. The Morgan fingerprint density at radius 1 is 1.07 bits per heavy atom. The highest BCUT2D eigenvalue weighted by Gasteiger charge is 2.37. The first kappa shape index (κ1) is 22.0. The van der Waals surface area contributed by atoms with E-state index in [1.807, 2.05) is 0 Å². The number of carbonyl (C=O) groups is 2. The monoisotopic (exact) mass is 447 g/mol. The number of alkyl halides is 2. The van der Waals surface area contributed by atoms with Gasteiger partial charge in [0, 0.05) is 6.07 Å². The van der Waals surface area contributed by atoms with Crippen LogP contribution in [0.3, 0.4) is 0 Å². The van der Waals surface area contributed by atoms with Crippen LogP contribution >= 0.6 is 0 Å². The molecular formula is C18H14F5N3O3S. The molecule has 0 spiro atoms. The molecule has 0 N–H and O–H groups in total. The van der Waals surface area contributed by atoms with Crippen molar-refractivity contribution in [1.82, 2.24) is 9.80 Å². The van der Waals surface area contributed by atoms with E-state index in [0.29, 0.717) is 11.0 Å². The van der Waals surface area contributed by atoms with Gasteiger partial charge in [0.05, 0.1) is 30.2 Å². The maximum Gasteiger partial charge on any atom is 0.402 e. The van der Waals surface area contributed by atoms with Crippen molar-refractivity contribution >= 4 is 28.8 Å². The van der Waals surface area contributed by atoms with Gasteiger partial charge < -0.3 is 4.55 Å². The van der Waals surface area contributed by atoms with Gasteiger partial charge in [-0.3, -0.25) is 14.6 Å². The van der Waals surface area contributed by atoms with Crippen molar-refractivity contribution in [3.8, 4) is 0 Å². The first-order valence-corrected chi connectivity index (χ1v) is 9.57. The number of hydrogen-bond donors (Lipinski definition) is 0. The van der Waals surface area contributed by atoms with Crippen LogP contribution in [0.4, 0.5) is 32.4 Å². The van der Waals surface area contributed by atoms with Crippen LogP contribution in [0.15, 0.2) is 41.3 Å². The summed E-state index contributed by atoms with van der Waals surface area (Å²) < 4.78 is 79.1. The fourth-order valence-electron chi connectivity index (χ4n) is 2.90. The van der Waals surface area contributed by atoms with Gasteiger partial charge in [-0.2, -0.15) is 8.78 Å². The molecule has 30 heavy (non-hydrogen) atoms. The van der Waals surface area contributed by atoms with Crippen LogP contribution in [0.1, 0.15) is 10.4 Å². The first-order valence-electron chi connectivity index (χ1n) is 8.36. The molecule has 0 aliphatic carbocycles. The lowest BCUT2D eigenvalue weighted by molar-refractivity contribution is 0.0670. The van der Waals surface area contributed by atoms with E-state index in [0.717, 1.165) is 35.2 Å². The fraction of sp³-hybridized carbons (Fsp3) is 0.222. The lowest BCUT2D eigenvalue weighted by Crippen LogP contribution is -2.59. The molecule has 1 heterocycles. The number of anilines is 1. The lowest BCUT2D eigenvalue weighted by atomic mass is 10.1. The maximum atomic E-state index is 14.5. The quantitative estimate of drug-likeness (QED) is 0.533. The number of nitrogens with zero attached hydrogens (tertiary/aromatic N) is 3. The summed E-state index contributed by atoms with van der Waals surface area (Å²) in [6.07, 6.45) is 0. The van der Waals surface area contributed by atoms with Crippen molar-refractivity contribution < 1.29 is 36.1 Å². The Balaban J connectivity index is 1.94. The second-order valence-corrected chi connectivity index (χ2v) is 7.77. The van der Waals surface area contributed by atoms with Gasteiger partial charge in [-0.1, -0.05) is 6.07 Å². The van der Waals surface area contributed by atoms with Crippen molar-refractivity contribution in [2.24, 2.45) is 0 Å². The smallest absolute Gasteiger partial charge is 0.402 e. The Morgan fingerprint density at radius 2 is 1.70 bits per heavy atom. The number of urea groups is 1. The minimum absolute atomic E-state index is 0.198. The van der Waals surface area contributed by atoms with E-state index in [4.69, 9.17) is 0 Å². The van der Waals surface area contributed by atoms with Gasteiger partial charge in [0.2, 0.25) is 0 Å². The van der Waals surface area contributed by atoms with E-state index >= 15 is 0 Å². The molecule has 1 aliphatic rings. The molecule has 3 amide bonds. The van der Waals surface area contributed by atoms with Crippen LogP contribution in [-0.2, 0) is 11.2 Å². The summed E-state index contributed by atoms with van der Waals surface area (Å²) in [4.78, 5) is 27.7. The van der Waals surface area contributed by atoms with Gasteiger partial charge in [0.1, 0.15) is 17.2 Å². The number of imide groups is 1. The van der Waals surface area contributed by atoms with Gasteiger partial charge in [0.15, 0.2) is 10.7 Å². The van der Waals surface area contributed by atoms with Crippen LogP contribution in [0.2, 0.25) is 0 Å². The Bertz CT molecular complexity index is 973. The third kappa shape index (κ3) is 4.11. The van der Waals surface area contributed by atoms with E-state index in [2.05, 4.69) is 0 Å². The fourth-order valence-corrected chi connectivity index (χ4v) is 3.52. The molecule has 0 bridgehead atoms. The highest BCUT2D eigenvalue weighted by Crippen LogP contribution is 2.28. The van der Waals surface area contributed by atoms with Gasteiger partial charge in [-0.25, -0.2) is 22.9 Å². The molecule has 1 fully saturated rings. The Morgan fingerprint density at radius 3 is 2.27 bits per heavy atom. The molecule has 0 radical (unpaired) electrons. The standard InChI is InChI=1S/C18H14F5N3O3S/c1-24-8-25(14-6-5-10(7-13(14)21)30(29)17(22)23)18(28)26(9-24)16(27)15-11(19)3-2-4-12(15)20/h2-7,17H,8-9H2,1H3. The Kier molecular flexibility index (Phi) is 6.29. The highest BCUT2D eigenvalue weighted by atomic mass is 32.2. The summed E-state index contributed by atoms with van der Waals surface area (Å²) in [7, 11) is 1.47. The number of hydrogen-bond acceptors (Lipinski definition) is 4. The number of rotatable bonds is 4. The van der Waals surface area contributed by atoms with Crippen LogP contribution in [-0.4, -0.2) is 52.4 Å². The summed E-state index contributed by atoms with van der Waals surface area (Å²) >= 11 is -2.75. The minimum Gasteiger partial charge on any atom is -0.607 e. The minimum atomic E-state index is -3.22. The molecule has 2 aromatic rings. The molecule has 3 rings (SSSR count). The second kappa shape index (κ2) is 8.58. The molecule has 2 aromatic carbocycles. The van der Waals surface area contributed by atoms with Crippen molar-refractivity contribution in [1.29, 1.82) is 0 Å². The zero-order chi connectivity index (χ0) is 22.2. The van der Waals surface area contributed by atoms with E-state index in [1.54, 1.807) is 0 Å². The van der Waals surface area contributed by atoms with Crippen LogP contribution < -0.4 is 4.90 Å². The van der Waals surface area contributed by atoms with Gasteiger partial charge in [-0.05, 0) is 31.3 Å². The van der Waals surface area contributed by atoms with Gasteiger partial charge in [-0.15, -0.1) is 0 Å². The van der Waals surface area contributed by atoms with Gasteiger partial charge in [0.25, 0.3) is 5.91 Å². The van der Waals surface area contributed by atoms with E-state index in [9.17, 15) is 36.1 Å². The van der Waals surface area contributed by atoms with Crippen molar-refractivity contribution in [2.45, 2.75) is 10.7 Å². The average molecular weight is 447 g/mol. The van der Waals surface area contributed by atoms with Crippen molar-refractivity contribution in [2.75, 3.05) is 25.3 Å². The average Bonchev–Trinajstić information content (AvgIpc) is 2.68. The third-order valence-corrected chi connectivity index (χ3v) is 5.30. The first-order chi connectivity index (χ1) is 14.1. The number of halogens is 5. The largest absolute Gasteiger partial charge is 0.607 e. The molecule has 0 saturated carbocycles. The molecule has 6 nitrogen and oxygen atoms in total. The second-order valence-electron chi connectivity index (χ2n) is 6.35. The van der Waals surface area contributed by atoms with E-state index < -0.39 is 56.8 Å². The number of amides is 3. The summed E-state index contributed by atoms with van der Waals surface area (Å²) in [5, 5.41) is 0. The van der Waals surface area contributed by atoms with Crippen molar-refractivity contribution in [3.05, 3.63) is 59.4 Å². The highest BCUT2D eigenvalue weighted by molar-refractivity contribution is 7.91. The predicted octanol–water partition coefficient (Wildman–Crippen LogP) is 3.36. The molecule has 12 heteroatoms. The number of benzene rings is 2. The molecule has 160 valence electrons. The van der Waals surface area contributed by atoms with Gasteiger partial charge >= 0.3 is 11.8 Å². The topological polar surface area (TPSA) is 66.9 Å².